The van der Waals surface area contributed by atoms with E-state index in [1.807, 2.05) is 31.2 Å². The molecule has 5 nitrogen and oxygen atoms in total. The summed E-state index contributed by atoms with van der Waals surface area (Å²) in [4.78, 5) is 18.0. The molecular formula is C14H12BrN3O2. The first-order valence-corrected chi connectivity index (χ1v) is 6.89. The number of rotatable bonds is 3. The first-order valence-electron chi connectivity index (χ1n) is 6.09. The van der Waals surface area contributed by atoms with Crippen molar-refractivity contribution in [1.29, 1.82) is 0 Å². The highest BCUT2D eigenvalue weighted by atomic mass is 79.9. The van der Waals surface area contributed by atoms with E-state index in [4.69, 9.17) is 4.42 Å². The van der Waals surface area contributed by atoms with Crippen LogP contribution in [-0.2, 0) is 6.54 Å². The predicted octanol–water partition coefficient (Wildman–Crippen LogP) is 3.20. The maximum Gasteiger partial charge on any atom is 0.417 e. The maximum absolute atomic E-state index is 11.1. The first kappa shape index (κ1) is 12.9. The molecule has 0 spiro atoms. The number of nitrogens with zero attached hydrogens (tertiary/aromatic N) is 1. The summed E-state index contributed by atoms with van der Waals surface area (Å²) in [6.07, 6.45) is 1.77. The largest absolute Gasteiger partial charge is 0.417 e. The highest BCUT2D eigenvalue weighted by molar-refractivity contribution is 9.10. The molecule has 2 aromatic heterocycles. The van der Waals surface area contributed by atoms with Crippen LogP contribution in [0.2, 0.25) is 0 Å². The second-order valence-electron chi connectivity index (χ2n) is 4.52. The third-order valence-corrected chi connectivity index (χ3v) is 3.84. The number of nitrogens with one attached hydrogen (secondary N) is 2. The number of aromatic nitrogens is 2. The summed E-state index contributed by atoms with van der Waals surface area (Å²) in [6.45, 7) is 2.62. The molecule has 20 heavy (non-hydrogen) atoms. The maximum atomic E-state index is 11.1. The molecule has 3 aromatic rings. The van der Waals surface area contributed by atoms with Crippen molar-refractivity contribution in [3.8, 4) is 0 Å². The number of aromatic amines is 1. The summed E-state index contributed by atoms with van der Waals surface area (Å²) in [6, 6.07) is 7.58. The highest BCUT2D eigenvalue weighted by Gasteiger charge is 2.03. The Morgan fingerprint density at radius 1 is 1.40 bits per heavy atom. The molecule has 0 unspecified atom stereocenters. The van der Waals surface area contributed by atoms with Gasteiger partial charge < -0.3 is 9.73 Å². The van der Waals surface area contributed by atoms with E-state index in [0.29, 0.717) is 17.6 Å². The van der Waals surface area contributed by atoms with Crippen LogP contribution < -0.4 is 11.1 Å². The molecule has 0 fully saturated rings. The van der Waals surface area contributed by atoms with Crippen LogP contribution in [0.4, 0.5) is 5.82 Å². The molecule has 102 valence electrons. The summed E-state index contributed by atoms with van der Waals surface area (Å²) >= 11 is 3.42. The molecule has 2 N–H and O–H groups in total. The highest BCUT2D eigenvalue weighted by Crippen LogP contribution is 2.18. The smallest absolute Gasteiger partial charge is 0.408 e. The van der Waals surface area contributed by atoms with Crippen molar-refractivity contribution in [2.24, 2.45) is 0 Å². The summed E-state index contributed by atoms with van der Waals surface area (Å²) in [5, 5.41) is 3.24. The van der Waals surface area contributed by atoms with Crippen molar-refractivity contribution in [2.75, 3.05) is 5.32 Å². The van der Waals surface area contributed by atoms with E-state index < -0.39 is 5.76 Å². The minimum absolute atomic E-state index is 0.435. The van der Waals surface area contributed by atoms with Crippen molar-refractivity contribution in [3.63, 3.8) is 0 Å². The SMILES string of the molecule is Cc1cc(NCc2ccc3[nH]c(=O)oc3c2)ncc1Br. The van der Waals surface area contributed by atoms with E-state index in [1.54, 1.807) is 6.20 Å². The molecule has 0 saturated heterocycles. The number of hydrogen-bond donors (Lipinski definition) is 2. The van der Waals surface area contributed by atoms with E-state index in [1.165, 1.54) is 0 Å². The number of hydrogen-bond acceptors (Lipinski definition) is 4. The lowest BCUT2D eigenvalue weighted by Crippen LogP contribution is -2.01. The van der Waals surface area contributed by atoms with Gasteiger partial charge in [-0.15, -0.1) is 0 Å². The molecule has 0 saturated carbocycles. The topological polar surface area (TPSA) is 70.9 Å². The van der Waals surface area contributed by atoms with Crippen LogP contribution in [0.1, 0.15) is 11.1 Å². The van der Waals surface area contributed by atoms with Gasteiger partial charge in [0.05, 0.1) is 5.52 Å². The second-order valence-corrected chi connectivity index (χ2v) is 5.37. The van der Waals surface area contributed by atoms with Crippen molar-refractivity contribution in [3.05, 3.63) is 56.6 Å². The summed E-state index contributed by atoms with van der Waals surface area (Å²) in [7, 11) is 0. The Bertz CT molecular complexity index is 823. The van der Waals surface area contributed by atoms with E-state index in [0.717, 1.165) is 21.4 Å². The zero-order valence-electron chi connectivity index (χ0n) is 10.7. The molecule has 0 aliphatic heterocycles. The molecule has 0 aliphatic rings. The van der Waals surface area contributed by atoms with Gasteiger partial charge in [0.1, 0.15) is 5.82 Å². The lowest BCUT2D eigenvalue weighted by molar-refractivity contribution is 0.555. The molecule has 2 heterocycles. The standard InChI is InChI=1S/C14H12BrN3O2/c1-8-4-13(17-7-10(8)15)16-6-9-2-3-11-12(5-9)20-14(19)18-11/h2-5,7H,6H2,1H3,(H,16,17)(H,18,19). The fraction of sp³-hybridized carbons (Fsp3) is 0.143. The zero-order valence-corrected chi connectivity index (χ0v) is 12.3. The Labute approximate surface area is 123 Å². The molecule has 0 amide bonds. The normalized spacial score (nSPS) is 10.9. The number of fused-ring (bicyclic) bond motifs is 1. The molecule has 0 radical (unpaired) electrons. The first-order chi connectivity index (χ1) is 9.61. The minimum atomic E-state index is -0.435. The lowest BCUT2D eigenvalue weighted by atomic mass is 10.2. The van der Waals surface area contributed by atoms with Crippen molar-refractivity contribution < 1.29 is 4.42 Å². The minimum Gasteiger partial charge on any atom is -0.408 e. The van der Waals surface area contributed by atoms with Crippen LogP contribution in [0.3, 0.4) is 0 Å². The molecule has 0 bridgehead atoms. The third-order valence-electron chi connectivity index (χ3n) is 3.01. The van der Waals surface area contributed by atoms with E-state index in [2.05, 4.69) is 31.2 Å². The average Bonchev–Trinajstić information content (AvgIpc) is 2.79. The number of oxazole rings is 1. The summed E-state index contributed by atoms with van der Waals surface area (Å²) < 4.78 is 6.02. The number of benzene rings is 1. The van der Waals surface area contributed by atoms with Crippen LogP contribution in [0.15, 0.2) is 44.1 Å². The zero-order chi connectivity index (χ0) is 14.1. The summed E-state index contributed by atoms with van der Waals surface area (Å²) in [5.74, 6) is 0.372. The Balaban J connectivity index is 1.78. The molecule has 1 aromatic carbocycles. The number of aryl methyl sites for hydroxylation is 1. The number of anilines is 1. The van der Waals surface area contributed by atoms with Crippen molar-refractivity contribution in [2.45, 2.75) is 13.5 Å². The van der Waals surface area contributed by atoms with Gasteiger partial charge in [-0.1, -0.05) is 6.07 Å². The number of pyridine rings is 1. The molecule has 3 rings (SSSR count). The second kappa shape index (κ2) is 5.13. The Kier molecular flexibility index (Phi) is 3.31. The third kappa shape index (κ3) is 2.60. The van der Waals surface area contributed by atoms with Gasteiger partial charge in [0, 0.05) is 17.2 Å². The Hall–Kier alpha value is -2.08. The van der Waals surface area contributed by atoms with Gasteiger partial charge >= 0.3 is 5.76 Å². The van der Waals surface area contributed by atoms with Crippen LogP contribution in [-0.4, -0.2) is 9.97 Å². The average molecular weight is 334 g/mol. The summed E-state index contributed by atoms with van der Waals surface area (Å²) in [5.41, 5.74) is 3.41. The van der Waals surface area contributed by atoms with Gasteiger partial charge in [0.2, 0.25) is 0 Å². The van der Waals surface area contributed by atoms with Crippen LogP contribution in [0.5, 0.6) is 0 Å². The molecule has 0 atom stereocenters. The van der Waals surface area contributed by atoms with Crippen molar-refractivity contribution in [1.82, 2.24) is 9.97 Å². The predicted molar refractivity (Wildman–Crippen MR) is 80.8 cm³/mol. The lowest BCUT2D eigenvalue weighted by Gasteiger charge is -2.07. The fourth-order valence-electron chi connectivity index (χ4n) is 1.93. The van der Waals surface area contributed by atoms with Crippen LogP contribution in [0.25, 0.3) is 11.1 Å². The molecule has 0 aliphatic carbocycles. The van der Waals surface area contributed by atoms with E-state index in [9.17, 15) is 4.79 Å². The monoisotopic (exact) mass is 333 g/mol. The fourth-order valence-corrected chi connectivity index (χ4v) is 2.15. The Morgan fingerprint density at radius 3 is 3.05 bits per heavy atom. The van der Waals surface area contributed by atoms with Gasteiger partial charge in [-0.3, -0.25) is 4.98 Å². The Morgan fingerprint density at radius 2 is 2.25 bits per heavy atom. The number of H-pyrrole nitrogens is 1. The van der Waals surface area contributed by atoms with E-state index in [-0.39, 0.29) is 0 Å². The van der Waals surface area contributed by atoms with Crippen LogP contribution in [0, 0.1) is 6.92 Å². The van der Waals surface area contributed by atoms with E-state index >= 15 is 0 Å². The van der Waals surface area contributed by atoms with Gasteiger partial charge in [-0.2, -0.15) is 0 Å². The van der Waals surface area contributed by atoms with Gasteiger partial charge in [0.25, 0.3) is 0 Å². The number of halogens is 1. The molecular weight excluding hydrogens is 322 g/mol. The van der Waals surface area contributed by atoms with Crippen LogP contribution >= 0.6 is 15.9 Å². The van der Waals surface area contributed by atoms with Gasteiger partial charge in [-0.25, -0.2) is 9.78 Å². The van der Waals surface area contributed by atoms with Crippen molar-refractivity contribution >= 4 is 32.8 Å². The van der Waals surface area contributed by atoms with Gasteiger partial charge in [-0.05, 0) is 52.2 Å². The quantitative estimate of drug-likeness (QED) is 0.772. The molecule has 6 heteroatoms. The van der Waals surface area contributed by atoms with Gasteiger partial charge in [0.15, 0.2) is 5.58 Å².